The van der Waals surface area contributed by atoms with Crippen molar-refractivity contribution in [3.63, 3.8) is 0 Å². The van der Waals surface area contributed by atoms with Gasteiger partial charge in [-0.05, 0) is 35.9 Å². The van der Waals surface area contributed by atoms with Crippen LogP contribution in [0.15, 0.2) is 60.7 Å². The molecule has 0 radical (unpaired) electrons. The Hall–Kier alpha value is -1.64. The summed E-state index contributed by atoms with van der Waals surface area (Å²) in [6.07, 6.45) is 1.38. The normalized spacial score (nSPS) is 25.4. The van der Waals surface area contributed by atoms with E-state index in [1.165, 1.54) is 11.1 Å². The van der Waals surface area contributed by atoms with Crippen LogP contribution in [0.3, 0.4) is 0 Å². The van der Waals surface area contributed by atoms with Crippen molar-refractivity contribution >= 4 is 0 Å². The van der Waals surface area contributed by atoms with Gasteiger partial charge >= 0.3 is 0 Å². The topological polar surface area (TPSA) is 46.2 Å². The van der Waals surface area contributed by atoms with Gasteiger partial charge in [-0.1, -0.05) is 60.7 Å². The van der Waals surface area contributed by atoms with Crippen molar-refractivity contribution in [2.45, 2.75) is 24.9 Å². The first kappa shape index (κ1) is 13.3. The summed E-state index contributed by atoms with van der Waals surface area (Å²) in [5.74, 6) is 0.262. The van der Waals surface area contributed by atoms with Crippen LogP contribution < -0.4 is 5.73 Å². The lowest BCUT2D eigenvalue weighted by atomic mass is 9.56. The number of aliphatic hydroxyl groups excluding tert-OH is 1. The molecule has 0 unspecified atom stereocenters. The Morgan fingerprint density at radius 1 is 0.950 bits per heavy atom. The molecule has 3 N–H and O–H groups in total. The minimum atomic E-state index is -0.200. The lowest BCUT2D eigenvalue weighted by Crippen LogP contribution is -2.50. The van der Waals surface area contributed by atoms with Crippen molar-refractivity contribution in [1.29, 1.82) is 0 Å². The van der Waals surface area contributed by atoms with E-state index in [2.05, 4.69) is 48.5 Å². The van der Waals surface area contributed by atoms with Crippen LogP contribution in [-0.2, 0) is 0 Å². The summed E-state index contributed by atoms with van der Waals surface area (Å²) in [4.78, 5) is 0. The molecule has 1 saturated carbocycles. The van der Waals surface area contributed by atoms with Crippen LogP contribution in [0, 0.1) is 5.41 Å². The molecule has 3 rings (SSSR count). The molecule has 0 spiro atoms. The summed E-state index contributed by atoms with van der Waals surface area (Å²) in [7, 11) is 0. The average Bonchev–Trinajstić information content (AvgIpc) is 2.47. The molecule has 1 aliphatic rings. The molecule has 2 aromatic rings. The van der Waals surface area contributed by atoms with E-state index in [4.69, 9.17) is 5.73 Å². The van der Waals surface area contributed by atoms with E-state index in [1.54, 1.807) is 0 Å². The molecular weight excluding hydrogens is 246 g/mol. The van der Waals surface area contributed by atoms with Crippen molar-refractivity contribution in [3.05, 3.63) is 71.8 Å². The van der Waals surface area contributed by atoms with E-state index < -0.39 is 0 Å². The first-order valence-electron chi connectivity index (χ1n) is 7.23. The second-order valence-electron chi connectivity index (χ2n) is 5.88. The highest BCUT2D eigenvalue weighted by Crippen LogP contribution is 2.53. The molecule has 0 bridgehead atoms. The van der Waals surface area contributed by atoms with Gasteiger partial charge in [-0.15, -0.1) is 0 Å². The van der Waals surface area contributed by atoms with Crippen LogP contribution >= 0.6 is 0 Å². The monoisotopic (exact) mass is 267 g/mol. The number of rotatable bonds is 4. The van der Waals surface area contributed by atoms with E-state index in [-0.39, 0.29) is 17.4 Å². The molecular formula is C18H21NO. The van der Waals surface area contributed by atoms with Gasteiger partial charge < -0.3 is 10.8 Å². The van der Waals surface area contributed by atoms with E-state index in [0.717, 1.165) is 12.8 Å². The number of aliphatic hydroxyl groups is 1. The molecule has 0 amide bonds. The lowest BCUT2D eigenvalue weighted by Gasteiger charge is -2.50. The number of hydrogen-bond acceptors (Lipinski definition) is 2. The third-order valence-corrected chi connectivity index (χ3v) is 4.57. The van der Waals surface area contributed by atoms with Crippen LogP contribution in [0.25, 0.3) is 0 Å². The van der Waals surface area contributed by atoms with Gasteiger partial charge in [0.25, 0.3) is 0 Å². The standard InChI is InChI=1S/C18H21NO/c19-13-18(11-16(20)12-18)17(14-7-3-1-4-8-14)15-9-5-2-6-10-15/h1-10,16-17,20H,11-13,19H2. The van der Waals surface area contributed by atoms with Crippen molar-refractivity contribution in [2.75, 3.05) is 6.54 Å². The molecule has 2 aromatic carbocycles. The first-order valence-corrected chi connectivity index (χ1v) is 7.23. The zero-order valence-corrected chi connectivity index (χ0v) is 11.6. The third kappa shape index (κ3) is 2.26. The molecule has 2 nitrogen and oxygen atoms in total. The molecule has 0 heterocycles. The zero-order valence-electron chi connectivity index (χ0n) is 11.6. The lowest BCUT2D eigenvalue weighted by molar-refractivity contribution is -0.0364. The molecule has 1 fully saturated rings. The van der Waals surface area contributed by atoms with E-state index in [1.807, 2.05) is 12.1 Å². The number of hydrogen-bond donors (Lipinski definition) is 2. The largest absolute Gasteiger partial charge is 0.393 e. The smallest absolute Gasteiger partial charge is 0.0552 e. The maximum atomic E-state index is 9.80. The van der Waals surface area contributed by atoms with Gasteiger partial charge in [-0.2, -0.15) is 0 Å². The van der Waals surface area contributed by atoms with Crippen LogP contribution in [0.4, 0.5) is 0 Å². The highest BCUT2D eigenvalue weighted by molar-refractivity contribution is 5.36. The summed E-state index contributed by atoms with van der Waals surface area (Å²) in [6, 6.07) is 21.0. The Labute approximate surface area is 120 Å². The second kappa shape index (κ2) is 5.39. The van der Waals surface area contributed by atoms with Crippen LogP contribution in [-0.4, -0.2) is 17.8 Å². The molecule has 0 saturated heterocycles. The molecule has 104 valence electrons. The predicted octanol–water partition coefficient (Wildman–Crippen LogP) is 2.92. The maximum Gasteiger partial charge on any atom is 0.0552 e. The summed E-state index contributed by atoms with van der Waals surface area (Å²) in [5.41, 5.74) is 8.66. The van der Waals surface area contributed by atoms with Gasteiger partial charge in [0.15, 0.2) is 0 Å². The highest BCUT2D eigenvalue weighted by atomic mass is 16.3. The van der Waals surface area contributed by atoms with Crippen molar-refractivity contribution in [2.24, 2.45) is 11.1 Å². The molecule has 0 atom stereocenters. The minimum Gasteiger partial charge on any atom is -0.393 e. The molecule has 2 heteroatoms. The average molecular weight is 267 g/mol. The van der Waals surface area contributed by atoms with Gasteiger partial charge in [-0.25, -0.2) is 0 Å². The van der Waals surface area contributed by atoms with Crippen LogP contribution in [0.5, 0.6) is 0 Å². The predicted molar refractivity (Wildman–Crippen MR) is 81.5 cm³/mol. The fourth-order valence-corrected chi connectivity index (χ4v) is 3.59. The Morgan fingerprint density at radius 2 is 1.40 bits per heavy atom. The number of nitrogens with two attached hydrogens (primary N) is 1. The Balaban J connectivity index is 2.05. The Kier molecular flexibility index (Phi) is 3.60. The van der Waals surface area contributed by atoms with Crippen molar-refractivity contribution in [3.8, 4) is 0 Å². The Morgan fingerprint density at radius 3 is 1.75 bits per heavy atom. The quantitative estimate of drug-likeness (QED) is 0.894. The zero-order chi connectivity index (χ0) is 14.0. The highest BCUT2D eigenvalue weighted by Gasteiger charge is 2.49. The van der Waals surface area contributed by atoms with Gasteiger partial charge in [-0.3, -0.25) is 0 Å². The Bertz CT molecular complexity index is 507. The summed E-state index contributed by atoms with van der Waals surface area (Å²) in [5, 5.41) is 9.80. The SMILES string of the molecule is NCC1(C(c2ccccc2)c2ccccc2)CC(O)C1. The second-order valence-corrected chi connectivity index (χ2v) is 5.88. The van der Waals surface area contributed by atoms with Crippen LogP contribution in [0.1, 0.15) is 29.9 Å². The molecule has 0 aliphatic heterocycles. The fourth-order valence-electron chi connectivity index (χ4n) is 3.59. The van der Waals surface area contributed by atoms with Crippen LogP contribution in [0.2, 0.25) is 0 Å². The molecule has 20 heavy (non-hydrogen) atoms. The number of benzene rings is 2. The first-order chi connectivity index (χ1) is 9.75. The van der Waals surface area contributed by atoms with Crippen molar-refractivity contribution < 1.29 is 5.11 Å². The maximum absolute atomic E-state index is 9.80. The summed E-state index contributed by atoms with van der Waals surface area (Å²) in [6.45, 7) is 0.610. The summed E-state index contributed by atoms with van der Waals surface area (Å²) < 4.78 is 0. The third-order valence-electron chi connectivity index (χ3n) is 4.57. The molecule has 1 aliphatic carbocycles. The van der Waals surface area contributed by atoms with Gasteiger partial charge in [0.2, 0.25) is 0 Å². The minimum absolute atomic E-state index is 0.0118. The van der Waals surface area contributed by atoms with Gasteiger partial charge in [0.1, 0.15) is 0 Å². The summed E-state index contributed by atoms with van der Waals surface area (Å²) >= 11 is 0. The van der Waals surface area contributed by atoms with Gasteiger partial charge in [0.05, 0.1) is 6.10 Å². The van der Waals surface area contributed by atoms with E-state index in [0.29, 0.717) is 6.54 Å². The fraction of sp³-hybridized carbons (Fsp3) is 0.333. The molecule has 0 aromatic heterocycles. The van der Waals surface area contributed by atoms with Gasteiger partial charge in [0, 0.05) is 5.92 Å². The van der Waals surface area contributed by atoms with E-state index in [9.17, 15) is 5.11 Å². The van der Waals surface area contributed by atoms with Crippen molar-refractivity contribution in [1.82, 2.24) is 0 Å². The van der Waals surface area contributed by atoms with E-state index >= 15 is 0 Å².